The molecule has 19 heavy (non-hydrogen) atoms. The largest absolute Gasteiger partial charge is 0.373 e. The van der Waals surface area contributed by atoms with Crippen LogP contribution in [0.4, 0.5) is 5.82 Å². The van der Waals surface area contributed by atoms with Gasteiger partial charge in [-0.25, -0.2) is 4.98 Å². The van der Waals surface area contributed by atoms with Crippen LogP contribution in [0.25, 0.3) is 0 Å². The molecule has 0 aromatic carbocycles. The molecule has 2 N–H and O–H groups in total. The number of pyridine rings is 1. The lowest BCUT2D eigenvalue weighted by Gasteiger charge is -2.13. The Morgan fingerprint density at radius 3 is 2.95 bits per heavy atom. The molecule has 0 aliphatic heterocycles. The highest BCUT2D eigenvalue weighted by Crippen LogP contribution is 2.09. The van der Waals surface area contributed by atoms with Crippen LogP contribution >= 0.6 is 11.3 Å². The van der Waals surface area contributed by atoms with Crippen molar-refractivity contribution in [2.75, 3.05) is 12.4 Å². The van der Waals surface area contributed by atoms with Gasteiger partial charge in [0.25, 0.3) is 5.91 Å². The van der Waals surface area contributed by atoms with E-state index in [1.165, 1.54) is 5.56 Å². The van der Waals surface area contributed by atoms with Gasteiger partial charge in [-0.3, -0.25) is 4.79 Å². The summed E-state index contributed by atoms with van der Waals surface area (Å²) in [6.07, 6.45) is 0.834. The Kier molecular flexibility index (Phi) is 4.52. The first kappa shape index (κ1) is 13.5. The first-order valence-corrected chi connectivity index (χ1v) is 7.10. The summed E-state index contributed by atoms with van der Waals surface area (Å²) in [5.41, 5.74) is 1.68. The number of hydrogen-bond donors (Lipinski definition) is 2. The predicted octanol–water partition coefficient (Wildman–Crippen LogP) is 2.55. The monoisotopic (exact) mass is 275 g/mol. The van der Waals surface area contributed by atoms with Crippen LogP contribution in [0, 0.1) is 0 Å². The first-order chi connectivity index (χ1) is 9.19. The van der Waals surface area contributed by atoms with Crippen molar-refractivity contribution in [2.24, 2.45) is 0 Å². The number of carbonyl (C=O) groups is 1. The van der Waals surface area contributed by atoms with Gasteiger partial charge in [-0.1, -0.05) is 6.07 Å². The maximum Gasteiger partial charge on any atom is 0.270 e. The second kappa shape index (κ2) is 6.33. The minimum absolute atomic E-state index is 0.0853. The van der Waals surface area contributed by atoms with E-state index in [1.54, 1.807) is 24.5 Å². The molecule has 0 fully saturated rings. The summed E-state index contributed by atoms with van der Waals surface area (Å²) in [7, 11) is 1.78. The molecule has 0 saturated carbocycles. The van der Waals surface area contributed by atoms with Crippen molar-refractivity contribution in [1.29, 1.82) is 0 Å². The lowest BCUT2D eigenvalue weighted by atomic mass is 10.1. The molecule has 0 aliphatic carbocycles. The van der Waals surface area contributed by atoms with Crippen LogP contribution < -0.4 is 10.6 Å². The van der Waals surface area contributed by atoms with E-state index in [-0.39, 0.29) is 11.9 Å². The Morgan fingerprint density at radius 2 is 2.26 bits per heavy atom. The molecular formula is C14H17N3OS. The van der Waals surface area contributed by atoms with Crippen molar-refractivity contribution in [3.05, 3.63) is 46.3 Å². The molecule has 1 amide bonds. The summed E-state index contributed by atoms with van der Waals surface area (Å²) >= 11 is 1.67. The number of aromatic nitrogens is 1. The highest BCUT2D eigenvalue weighted by Gasteiger charge is 2.12. The van der Waals surface area contributed by atoms with Crippen molar-refractivity contribution in [3.63, 3.8) is 0 Å². The number of anilines is 1. The van der Waals surface area contributed by atoms with Gasteiger partial charge in [0, 0.05) is 13.1 Å². The topological polar surface area (TPSA) is 54.0 Å². The molecule has 2 aromatic heterocycles. The van der Waals surface area contributed by atoms with E-state index in [0.717, 1.165) is 6.42 Å². The second-order valence-corrected chi connectivity index (χ2v) is 5.15. The Labute approximate surface area is 116 Å². The van der Waals surface area contributed by atoms with E-state index >= 15 is 0 Å². The Hall–Kier alpha value is -1.88. The van der Waals surface area contributed by atoms with Crippen LogP contribution in [0.15, 0.2) is 35.0 Å². The molecule has 2 rings (SSSR count). The molecule has 0 bridgehead atoms. The fourth-order valence-electron chi connectivity index (χ4n) is 1.81. The number of amides is 1. The third-order valence-electron chi connectivity index (χ3n) is 2.74. The lowest BCUT2D eigenvalue weighted by molar-refractivity contribution is 0.0935. The molecule has 1 unspecified atom stereocenters. The molecule has 0 radical (unpaired) electrons. The minimum Gasteiger partial charge on any atom is -0.373 e. The smallest absolute Gasteiger partial charge is 0.270 e. The summed E-state index contributed by atoms with van der Waals surface area (Å²) in [6, 6.07) is 7.52. The summed E-state index contributed by atoms with van der Waals surface area (Å²) in [5.74, 6) is 0.554. The molecule has 1 atom stereocenters. The quantitative estimate of drug-likeness (QED) is 0.881. The number of thiophene rings is 1. The highest BCUT2D eigenvalue weighted by atomic mass is 32.1. The van der Waals surface area contributed by atoms with Crippen molar-refractivity contribution >= 4 is 23.1 Å². The van der Waals surface area contributed by atoms with Gasteiger partial charge in [0.05, 0.1) is 0 Å². The fourth-order valence-corrected chi connectivity index (χ4v) is 2.49. The van der Waals surface area contributed by atoms with Crippen LogP contribution in [0.2, 0.25) is 0 Å². The molecule has 2 aromatic rings. The van der Waals surface area contributed by atoms with E-state index in [1.807, 2.05) is 24.4 Å². The third kappa shape index (κ3) is 3.79. The van der Waals surface area contributed by atoms with Gasteiger partial charge in [0.15, 0.2) is 0 Å². The Balaban J connectivity index is 1.96. The number of hydrogen-bond acceptors (Lipinski definition) is 4. The zero-order chi connectivity index (χ0) is 13.7. The van der Waals surface area contributed by atoms with E-state index in [0.29, 0.717) is 11.5 Å². The van der Waals surface area contributed by atoms with Gasteiger partial charge in [0.2, 0.25) is 0 Å². The number of nitrogens with zero attached hydrogens (tertiary/aromatic N) is 1. The maximum atomic E-state index is 12.1. The van der Waals surface area contributed by atoms with E-state index in [4.69, 9.17) is 0 Å². The van der Waals surface area contributed by atoms with Crippen LogP contribution in [0.5, 0.6) is 0 Å². The van der Waals surface area contributed by atoms with E-state index in [2.05, 4.69) is 27.1 Å². The molecule has 100 valence electrons. The molecule has 4 nitrogen and oxygen atoms in total. The van der Waals surface area contributed by atoms with Gasteiger partial charge < -0.3 is 10.6 Å². The zero-order valence-corrected chi connectivity index (χ0v) is 11.8. The van der Waals surface area contributed by atoms with Gasteiger partial charge in [-0.2, -0.15) is 11.3 Å². The minimum atomic E-state index is -0.139. The van der Waals surface area contributed by atoms with Crippen molar-refractivity contribution < 1.29 is 4.79 Å². The Bertz CT molecular complexity index is 539. The summed E-state index contributed by atoms with van der Waals surface area (Å²) in [5, 5.41) is 10.0. The molecule has 0 aliphatic rings. The third-order valence-corrected chi connectivity index (χ3v) is 3.47. The number of rotatable bonds is 5. The lowest BCUT2D eigenvalue weighted by Crippen LogP contribution is -2.34. The zero-order valence-electron chi connectivity index (χ0n) is 11.0. The molecule has 2 heterocycles. The molecule has 0 saturated heterocycles. The number of carbonyl (C=O) groups excluding carboxylic acids is 1. The first-order valence-electron chi connectivity index (χ1n) is 6.16. The SMILES string of the molecule is CNc1cccc(C(=O)NC(C)Cc2ccsc2)n1. The van der Waals surface area contributed by atoms with Crippen LogP contribution in [0.3, 0.4) is 0 Å². The summed E-state index contributed by atoms with van der Waals surface area (Å²) in [4.78, 5) is 16.3. The number of nitrogens with one attached hydrogen (secondary N) is 2. The standard InChI is InChI=1S/C14H17N3OS/c1-10(8-11-6-7-19-9-11)16-14(18)12-4-3-5-13(15-2)17-12/h3-7,9-10H,8H2,1-2H3,(H,15,17)(H,16,18). The van der Waals surface area contributed by atoms with Gasteiger partial charge in [0.1, 0.15) is 11.5 Å². The average molecular weight is 275 g/mol. The van der Waals surface area contributed by atoms with Crippen molar-refractivity contribution in [1.82, 2.24) is 10.3 Å². The maximum absolute atomic E-state index is 12.1. The molecule has 0 spiro atoms. The van der Waals surface area contributed by atoms with Crippen LogP contribution in [0.1, 0.15) is 23.0 Å². The second-order valence-electron chi connectivity index (χ2n) is 4.37. The van der Waals surface area contributed by atoms with Crippen LogP contribution in [-0.2, 0) is 6.42 Å². The van der Waals surface area contributed by atoms with E-state index < -0.39 is 0 Å². The van der Waals surface area contributed by atoms with Crippen molar-refractivity contribution in [3.8, 4) is 0 Å². The molecule has 5 heteroatoms. The fraction of sp³-hybridized carbons (Fsp3) is 0.286. The molecular weight excluding hydrogens is 258 g/mol. The van der Waals surface area contributed by atoms with Crippen molar-refractivity contribution in [2.45, 2.75) is 19.4 Å². The highest BCUT2D eigenvalue weighted by molar-refractivity contribution is 7.07. The Morgan fingerprint density at radius 1 is 1.42 bits per heavy atom. The predicted molar refractivity (Wildman–Crippen MR) is 78.7 cm³/mol. The van der Waals surface area contributed by atoms with Gasteiger partial charge in [-0.05, 0) is 47.9 Å². The average Bonchev–Trinajstić information content (AvgIpc) is 2.91. The normalized spacial score (nSPS) is 11.9. The van der Waals surface area contributed by atoms with Gasteiger partial charge in [-0.15, -0.1) is 0 Å². The van der Waals surface area contributed by atoms with E-state index in [9.17, 15) is 4.79 Å². The van der Waals surface area contributed by atoms with Crippen LogP contribution in [-0.4, -0.2) is 24.0 Å². The summed E-state index contributed by atoms with van der Waals surface area (Å²) in [6.45, 7) is 2.00. The van der Waals surface area contributed by atoms with Gasteiger partial charge >= 0.3 is 0 Å². The summed E-state index contributed by atoms with van der Waals surface area (Å²) < 4.78 is 0.